The summed E-state index contributed by atoms with van der Waals surface area (Å²) < 4.78 is 1.93. The van der Waals surface area contributed by atoms with Gasteiger partial charge in [0.1, 0.15) is 17.2 Å². The fourth-order valence-electron chi connectivity index (χ4n) is 3.12. The second-order valence-corrected chi connectivity index (χ2v) is 7.98. The molecule has 144 valence electrons. The molecule has 1 aliphatic rings. The Kier molecular flexibility index (Phi) is 4.04. The Balaban J connectivity index is 1.62. The zero-order valence-corrected chi connectivity index (χ0v) is 16.4. The molecule has 1 aromatic carbocycles. The molecule has 1 atom stereocenters. The highest BCUT2D eigenvalue weighted by atomic mass is 32.1. The third-order valence-corrected chi connectivity index (χ3v) is 5.68. The highest BCUT2D eigenvalue weighted by molar-refractivity contribution is 7.09. The van der Waals surface area contributed by atoms with Crippen molar-refractivity contribution in [3.63, 3.8) is 0 Å². The van der Waals surface area contributed by atoms with Crippen molar-refractivity contribution in [2.24, 2.45) is 0 Å². The number of aliphatic hydroxyl groups is 1. The molecule has 0 aliphatic heterocycles. The standard InChI is InChI=1S/C20H17N7OS/c1-20(28,17-22-8-9-29-17)7-6-12-2-5-14-15(10-12)27(16(25-14)13-3-4-13)19-24-11-23-18(21)26-19/h2,5,8-11,13,28H,3-4H2,1H3,(H2,21,23,24,26). The highest BCUT2D eigenvalue weighted by Crippen LogP contribution is 2.41. The van der Waals surface area contributed by atoms with Gasteiger partial charge in [0.05, 0.1) is 11.0 Å². The van der Waals surface area contributed by atoms with Crippen molar-refractivity contribution in [1.29, 1.82) is 0 Å². The molecule has 0 spiro atoms. The number of hydrogen-bond acceptors (Lipinski definition) is 8. The van der Waals surface area contributed by atoms with Gasteiger partial charge in [-0.15, -0.1) is 11.3 Å². The monoisotopic (exact) mass is 403 g/mol. The van der Waals surface area contributed by atoms with Gasteiger partial charge in [0, 0.05) is 23.1 Å². The van der Waals surface area contributed by atoms with Crippen LogP contribution in [-0.4, -0.2) is 34.6 Å². The first kappa shape index (κ1) is 17.7. The van der Waals surface area contributed by atoms with Crippen molar-refractivity contribution in [2.45, 2.75) is 31.3 Å². The number of fused-ring (bicyclic) bond motifs is 1. The van der Waals surface area contributed by atoms with Gasteiger partial charge in [0.15, 0.2) is 5.60 Å². The van der Waals surface area contributed by atoms with Crippen LogP contribution in [-0.2, 0) is 5.60 Å². The maximum absolute atomic E-state index is 10.6. The van der Waals surface area contributed by atoms with Crippen LogP contribution in [0.5, 0.6) is 0 Å². The van der Waals surface area contributed by atoms with Crippen LogP contribution >= 0.6 is 11.3 Å². The largest absolute Gasteiger partial charge is 0.371 e. The first-order valence-corrected chi connectivity index (χ1v) is 10.0. The number of anilines is 1. The summed E-state index contributed by atoms with van der Waals surface area (Å²) in [6.07, 6.45) is 5.23. The van der Waals surface area contributed by atoms with Crippen LogP contribution in [0.2, 0.25) is 0 Å². The number of nitrogens with zero attached hydrogens (tertiary/aromatic N) is 6. The van der Waals surface area contributed by atoms with Gasteiger partial charge < -0.3 is 10.8 Å². The normalized spacial score (nSPS) is 15.7. The summed E-state index contributed by atoms with van der Waals surface area (Å²) in [6.45, 7) is 1.64. The minimum atomic E-state index is -1.31. The molecule has 0 saturated heterocycles. The number of aromatic nitrogens is 6. The summed E-state index contributed by atoms with van der Waals surface area (Å²) in [5.41, 5.74) is 6.89. The van der Waals surface area contributed by atoms with Gasteiger partial charge in [-0.3, -0.25) is 4.57 Å². The topological polar surface area (TPSA) is 116 Å². The molecule has 9 heteroatoms. The van der Waals surface area contributed by atoms with E-state index in [0.29, 0.717) is 16.9 Å². The second kappa shape index (κ2) is 6.62. The molecular formula is C20H17N7OS. The van der Waals surface area contributed by atoms with Crippen LogP contribution in [0.1, 0.15) is 42.1 Å². The fourth-order valence-corrected chi connectivity index (χ4v) is 3.77. The molecule has 1 aliphatic carbocycles. The van der Waals surface area contributed by atoms with Gasteiger partial charge in [-0.25, -0.2) is 19.9 Å². The van der Waals surface area contributed by atoms with Crippen LogP contribution in [0, 0.1) is 11.8 Å². The molecule has 5 rings (SSSR count). The molecule has 4 aromatic rings. The van der Waals surface area contributed by atoms with E-state index in [1.807, 2.05) is 28.1 Å². The Morgan fingerprint density at radius 3 is 2.83 bits per heavy atom. The molecule has 1 fully saturated rings. The van der Waals surface area contributed by atoms with Crippen molar-refractivity contribution in [3.05, 3.63) is 52.5 Å². The predicted octanol–water partition coefficient (Wildman–Crippen LogP) is 2.39. The first-order valence-electron chi connectivity index (χ1n) is 9.14. The van der Waals surface area contributed by atoms with E-state index in [1.165, 1.54) is 17.7 Å². The maximum Gasteiger partial charge on any atom is 0.240 e. The van der Waals surface area contributed by atoms with E-state index in [2.05, 4.69) is 31.8 Å². The third-order valence-electron chi connectivity index (χ3n) is 4.70. The molecule has 0 bridgehead atoms. The Labute approximate surface area is 170 Å². The maximum atomic E-state index is 10.6. The van der Waals surface area contributed by atoms with E-state index in [1.54, 1.807) is 13.1 Å². The molecule has 1 unspecified atom stereocenters. The molecule has 3 N–H and O–H groups in total. The molecule has 3 aromatic heterocycles. The van der Waals surface area contributed by atoms with Gasteiger partial charge in [0.2, 0.25) is 11.9 Å². The quantitative estimate of drug-likeness (QED) is 0.505. The number of hydrogen-bond donors (Lipinski definition) is 2. The van der Waals surface area contributed by atoms with Crippen LogP contribution in [0.15, 0.2) is 36.1 Å². The Bertz CT molecular complexity index is 1260. The van der Waals surface area contributed by atoms with Crippen molar-refractivity contribution in [3.8, 4) is 17.8 Å². The molecule has 29 heavy (non-hydrogen) atoms. The number of imidazole rings is 1. The summed E-state index contributed by atoms with van der Waals surface area (Å²) in [6, 6.07) is 5.74. The van der Waals surface area contributed by atoms with Crippen LogP contribution in [0.3, 0.4) is 0 Å². The molecule has 1 saturated carbocycles. The van der Waals surface area contributed by atoms with E-state index in [-0.39, 0.29) is 5.95 Å². The van der Waals surface area contributed by atoms with E-state index < -0.39 is 5.60 Å². The molecule has 0 amide bonds. The van der Waals surface area contributed by atoms with Crippen molar-refractivity contribution in [1.82, 2.24) is 29.5 Å². The van der Waals surface area contributed by atoms with E-state index in [9.17, 15) is 5.11 Å². The third kappa shape index (κ3) is 3.33. The summed E-state index contributed by atoms with van der Waals surface area (Å²) in [5, 5.41) is 13.0. The van der Waals surface area contributed by atoms with Gasteiger partial charge in [-0.05, 0) is 38.0 Å². The lowest BCUT2D eigenvalue weighted by molar-refractivity contribution is 0.122. The molecular weight excluding hydrogens is 386 g/mol. The lowest BCUT2D eigenvalue weighted by Crippen LogP contribution is -2.17. The molecule has 0 radical (unpaired) electrons. The van der Waals surface area contributed by atoms with Crippen molar-refractivity contribution in [2.75, 3.05) is 5.73 Å². The number of thiazole rings is 1. The average Bonchev–Trinajstić information content (AvgIpc) is 3.25. The van der Waals surface area contributed by atoms with Gasteiger partial charge >= 0.3 is 0 Å². The van der Waals surface area contributed by atoms with Crippen molar-refractivity contribution < 1.29 is 5.11 Å². The van der Waals surface area contributed by atoms with Crippen molar-refractivity contribution >= 4 is 28.3 Å². The highest BCUT2D eigenvalue weighted by Gasteiger charge is 2.31. The Morgan fingerprint density at radius 1 is 1.24 bits per heavy atom. The SMILES string of the molecule is CC(O)(C#Cc1ccc2nc(C3CC3)n(-c3ncnc(N)n3)c2c1)c1nccs1. The van der Waals surface area contributed by atoms with Gasteiger partial charge in [-0.1, -0.05) is 11.8 Å². The number of nitrogen functional groups attached to an aromatic ring is 1. The lowest BCUT2D eigenvalue weighted by Gasteiger charge is -2.11. The smallest absolute Gasteiger partial charge is 0.240 e. The minimum absolute atomic E-state index is 0.161. The number of nitrogens with two attached hydrogens (primary N) is 1. The lowest BCUT2D eigenvalue weighted by atomic mass is 10.1. The van der Waals surface area contributed by atoms with E-state index in [0.717, 1.165) is 35.3 Å². The zero-order chi connectivity index (χ0) is 20.0. The number of benzene rings is 1. The van der Waals surface area contributed by atoms with E-state index in [4.69, 9.17) is 10.7 Å². The second-order valence-electron chi connectivity index (χ2n) is 7.09. The Hall–Kier alpha value is -3.35. The predicted molar refractivity (Wildman–Crippen MR) is 109 cm³/mol. The molecule has 3 heterocycles. The van der Waals surface area contributed by atoms with Crippen LogP contribution in [0.25, 0.3) is 17.0 Å². The molecule has 8 nitrogen and oxygen atoms in total. The summed E-state index contributed by atoms with van der Waals surface area (Å²) in [7, 11) is 0. The van der Waals surface area contributed by atoms with Crippen LogP contribution < -0.4 is 5.73 Å². The number of rotatable bonds is 3. The van der Waals surface area contributed by atoms with Gasteiger partial charge in [-0.2, -0.15) is 4.98 Å². The summed E-state index contributed by atoms with van der Waals surface area (Å²) >= 11 is 1.37. The summed E-state index contributed by atoms with van der Waals surface area (Å²) in [5.74, 6) is 7.89. The van der Waals surface area contributed by atoms with Gasteiger partial charge in [0.25, 0.3) is 0 Å². The Morgan fingerprint density at radius 2 is 2.10 bits per heavy atom. The van der Waals surface area contributed by atoms with E-state index >= 15 is 0 Å². The zero-order valence-electron chi connectivity index (χ0n) is 15.6. The van der Waals surface area contributed by atoms with Crippen LogP contribution in [0.4, 0.5) is 5.95 Å². The summed E-state index contributed by atoms with van der Waals surface area (Å²) in [4.78, 5) is 21.4. The minimum Gasteiger partial charge on any atom is -0.371 e. The fraction of sp³-hybridized carbons (Fsp3) is 0.250. The average molecular weight is 403 g/mol. The first-order chi connectivity index (χ1) is 14.0.